The summed E-state index contributed by atoms with van der Waals surface area (Å²) in [7, 11) is 0. The van der Waals surface area contributed by atoms with E-state index in [9.17, 15) is 0 Å². The summed E-state index contributed by atoms with van der Waals surface area (Å²) in [4.78, 5) is 9.83. The van der Waals surface area contributed by atoms with E-state index in [1.54, 1.807) is 0 Å². The van der Waals surface area contributed by atoms with Gasteiger partial charge in [0.1, 0.15) is 0 Å². The second kappa shape index (κ2) is 15.7. The van der Waals surface area contributed by atoms with Crippen LogP contribution in [0.4, 0.5) is 0 Å². The van der Waals surface area contributed by atoms with Gasteiger partial charge in [-0.1, -0.05) is 13.8 Å². The second-order valence-corrected chi connectivity index (χ2v) is 7.81. The van der Waals surface area contributed by atoms with Crippen LogP contribution in [0.15, 0.2) is 4.99 Å². The molecular formula is C21H43IN4O2. The Bertz CT molecular complexity index is 415. The van der Waals surface area contributed by atoms with Crippen molar-refractivity contribution >= 4 is 29.9 Å². The third kappa shape index (κ3) is 9.59. The van der Waals surface area contributed by atoms with Gasteiger partial charge in [-0.05, 0) is 57.5 Å². The van der Waals surface area contributed by atoms with Crippen LogP contribution in [0.3, 0.4) is 0 Å². The predicted molar refractivity (Wildman–Crippen MR) is 128 cm³/mol. The zero-order valence-corrected chi connectivity index (χ0v) is 20.7. The van der Waals surface area contributed by atoms with Crippen LogP contribution in [0.1, 0.15) is 46.5 Å². The highest BCUT2D eigenvalue weighted by atomic mass is 127. The fourth-order valence-electron chi connectivity index (χ4n) is 3.96. The molecule has 0 amide bonds. The fraction of sp³-hybridized carbons (Fsp3) is 0.952. The first kappa shape index (κ1) is 25.9. The number of aliphatic imine (C=N–C) groups is 1. The van der Waals surface area contributed by atoms with Crippen molar-refractivity contribution < 1.29 is 9.47 Å². The first-order valence-electron chi connectivity index (χ1n) is 11.2. The highest BCUT2D eigenvalue weighted by molar-refractivity contribution is 14.0. The smallest absolute Gasteiger partial charge is 0.193 e. The van der Waals surface area contributed by atoms with E-state index >= 15 is 0 Å². The van der Waals surface area contributed by atoms with E-state index in [0.717, 1.165) is 96.8 Å². The number of hydrogen-bond donors (Lipinski definition) is 1. The molecule has 2 saturated heterocycles. The normalized spacial score (nSPS) is 21.2. The quantitative estimate of drug-likeness (QED) is 0.201. The summed E-state index contributed by atoms with van der Waals surface area (Å²) in [5.41, 5.74) is 0. The van der Waals surface area contributed by atoms with Crippen LogP contribution in [0.25, 0.3) is 0 Å². The molecule has 2 aliphatic rings. The Morgan fingerprint density at radius 3 is 2.57 bits per heavy atom. The molecule has 0 aromatic heterocycles. The van der Waals surface area contributed by atoms with Gasteiger partial charge in [0.25, 0.3) is 0 Å². The van der Waals surface area contributed by atoms with Crippen LogP contribution >= 0.6 is 24.0 Å². The van der Waals surface area contributed by atoms with E-state index in [4.69, 9.17) is 14.5 Å². The van der Waals surface area contributed by atoms with Gasteiger partial charge in [0.05, 0.1) is 0 Å². The van der Waals surface area contributed by atoms with Gasteiger partial charge in [0.15, 0.2) is 5.96 Å². The van der Waals surface area contributed by atoms with Gasteiger partial charge in [0, 0.05) is 59.2 Å². The molecule has 2 rings (SSSR count). The molecule has 1 unspecified atom stereocenters. The lowest BCUT2D eigenvalue weighted by Crippen LogP contribution is -2.41. The topological polar surface area (TPSA) is 49.3 Å². The van der Waals surface area contributed by atoms with Crippen molar-refractivity contribution in [3.8, 4) is 0 Å². The molecule has 0 radical (unpaired) electrons. The molecule has 0 aliphatic carbocycles. The molecular weight excluding hydrogens is 467 g/mol. The summed E-state index contributed by atoms with van der Waals surface area (Å²) in [6.07, 6.45) is 4.56. The minimum absolute atomic E-state index is 0. The maximum Gasteiger partial charge on any atom is 0.193 e. The number of rotatable bonds is 11. The van der Waals surface area contributed by atoms with Gasteiger partial charge in [-0.25, -0.2) is 0 Å². The molecule has 0 bridgehead atoms. The molecule has 0 saturated carbocycles. The second-order valence-electron chi connectivity index (χ2n) is 7.81. The standard InChI is InChI=1S/C21H42N4O2.HI/c1-4-22-21(25-12-8-20(17-25)16-24(5-2)6-3)23-11-7-13-27-18-19-9-14-26-15-10-19;/h19-20H,4-18H2,1-3H3,(H,22,23);1H. The SMILES string of the molecule is CCNC(=NCCCOCC1CCOCC1)N1CCC(CN(CC)CC)C1.I. The summed E-state index contributed by atoms with van der Waals surface area (Å²) in [5.74, 6) is 2.53. The summed E-state index contributed by atoms with van der Waals surface area (Å²) in [5, 5.41) is 3.48. The van der Waals surface area contributed by atoms with Gasteiger partial charge >= 0.3 is 0 Å². The Balaban J connectivity index is 0.00000392. The summed E-state index contributed by atoms with van der Waals surface area (Å²) < 4.78 is 11.3. The molecule has 6 nitrogen and oxygen atoms in total. The Kier molecular flexibility index (Phi) is 14.5. The number of nitrogens with one attached hydrogen (secondary N) is 1. The van der Waals surface area contributed by atoms with Crippen LogP contribution in [0.5, 0.6) is 0 Å². The first-order valence-corrected chi connectivity index (χ1v) is 11.2. The minimum Gasteiger partial charge on any atom is -0.381 e. The fourth-order valence-corrected chi connectivity index (χ4v) is 3.96. The van der Waals surface area contributed by atoms with Crippen molar-refractivity contribution in [2.75, 3.05) is 72.2 Å². The van der Waals surface area contributed by atoms with E-state index in [2.05, 4.69) is 35.9 Å². The van der Waals surface area contributed by atoms with Gasteiger partial charge in [-0.2, -0.15) is 0 Å². The molecule has 1 atom stereocenters. The van der Waals surface area contributed by atoms with Gasteiger partial charge in [-0.3, -0.25) is 4.99 Å². The van der Waals surface area contributed by atoms with Crippen LogP contribution in [0, 0.1) is 11.8 Å². The third-order valence-electron chi connectivity index (χ3n) is 5.73. The average Bonchev–Trinajstić information content (AvgIpc) is 3.17. The van der Waals surface area contributed by atoms with Crippen molar-refractivity contribution in [1.29, 1.82) is 0 Å². The number of likely N-dealkylation sites (tertiary alicyclic amines) is 1. The lowest BCUT2D eigenvalue weighted by molar-refractivity contribution is 0.0205. The van der Waals surface area contributed by atoms with Crippen LogP contribution in [-0.4, -0.2) is 88.0 Å². The Morgan fingerprint density at radius 1 is 1.14 bits per heavy atom. The number of halogens is 1. The maximum atomic E-state index is 5.86. The largest absolute Gasteiger partial charge is 0.381 e. The molecule has 28 heavy (non-hydrogen) atoms. The van der Waals surface area contributed by atoms with E-state index in [1.165, 1.54) is 13.0 Å². The van der Waals surface area contributed by atoms with Crippen LogP contribution in [-0.2, 0) is 9.47 Å². The number of ether oxygens (including phenoxy) is 2. The lowest BCUT2D eigenvalue weighted by Gasteiger charge is -2.24. The summed E-state index contributed by atoms with van der Waals surface area (Å²) in [6, 6.07) is 0. The molecule has 2 heterocycles. The molecule has 166 valence electrons. The molecule has 0 aromatic carbocycles. The molecule has 2 aliphatic heterocycles. The van der Waals surface area contributed by atoms with Crippen molar-refractivity contribution in [2.24, 2.45) is 16.8 Å². The summed E-state index contributed by atoms with van der Waals surface area (Å²) in [6.45, 7) is 17.7. The first-order chi connectivity index (χ1) is 13.3. The Hall–Kier alpha value is -0.120. The Morgan fingerprint density at radius 2 is 1.89 bits per heavy atom. The Labute approximate surface area is 189 Å². The molecule has 0 spiro atoms. The van der Waals surface area contributed by atoms with Crippen LogP contribution < -0.4 is 5.32 Å². The predicted octanol–water partition coefficient (Wildman–Crippen LogP) is 3.07. The molecule has 1 N–H and O–H groups in total. The zero-order chi connectivity index (χ0) is 19.3. The number of nitrogens with zero attached hydrogens (tertiary/aromatic N) is 3. The number of guanidine groups is 1. The van der Waals surface area contributed by atoms with Crippen molar-refractivity contribution in [3.63, 3.8) is 0 Å². The number of hydrogen-bond acceptors (Lipinski definition) is 4. The molecule has 2 fully saturated rings. The van der Waals surface area contributed by atoms with Gasteiger partial charge in [0.2, 0.25) is 0 Å². The highest BCUT2D eigenvalue weighted by Crippen LogP contribution is 2.18. The zero-order valence-electron chi connectivity index (χ0n) is 18.3. The van der Waals surface area contributed by atoms with E-state index in [1.807, 2.05) is 0 Å². The van der Waals surface area contributed by atoms with Crippen molar-refractivity contribution in [3.05, 3.63) is 0 Å². The molecule has 7 heteroatoms. The highest BCUT2D eigenvalue weighted by Gasteiger charge is 2.25. The van der Waals surface area contributed by atoms with Crippen molar-refractivity contribution in [1.82, 2.24) is 15.1 Å². The van der Waals surface area contributed by atoms with Gasteiger partial charge in [-0.15, -0.1) is 24.0 Å². The minimum atomic E-state index is 0. The lowest BCUT2D eigenvalue weighted by atomic mass is 10.0. The van der Waals surface area contributed by atoms with E-state index in [0.29, 0.717) is 5.92 Å². The van der Waals surface area contributed by atoms with Crippen molar-refractivity contribution in [2.45, 2.75) is 46.5 Å². The molecule has 0 aromatic rings. The van der Waals surface area contributed by atoms with Crippen LogP contribution in [0.2, 0.25) is 0 Å². The third-order valence-corrected chi connectivity index (χ3v) is 5.73. The van der Waals surface area contributed by atoms with E-state index < -0.39 is 0 Å². The van der Waals surface area contributed by atoms with E-state index in [-0.39, 0.29) is 24.0 Å². The summed E-state index contributed by atoms with van der Waals surface area (Å²) >= 11 is 0. The average molecular weight is 511 g/mol. The monoisotopic (exact) mass is 510 g/mol. The maximum absolute atomic E-state index is 5.86. The van der Waals surface area contributed by atoms with Gasteiger partial charge < -0.3 is 24.6 Å².